The van der Waals surface area contributed by atoms with Crippen LogP contribution in [0.2, 0.25) is 0 Å². The average molecular weight is 219 g/mol. The Morgan fingerprint density at radius 2 is 2.19 bits per heavy atom. The van der Waals surface area contributed by atoms with E-state index in [0.29, 0.717) is 0 Å². The lowest BCUT2D eigenvalue weighted by molar-refractivity contribution is 0.0797. The van der Waals surface area contributed by atoms with Crippen LogP contribution in [0.15, 0.2) is 30.3 Å². The highest BCUT2D eigenvalue weighted by atomic mass is 16.6. The van der Waals surface area contributed by atoms with Crippen molar-refractivity contribution in [3.05, 3.63) is 35.9 Å². The van der Waals surface area contributed by atoms with E-state index < -0.39 is 6.09 Å². The van der Waals surface area contributed by atoms with Crippen molar-refractivity contribution in [1.82, 2.24) is 10.6 Å². The van der Waals surface area contributed by atoms with E-state index in [-0.39, 0.29) is 12.1 Å². The standard InChI is InChI=1S/C12H15N2O2/c1-13-12(15)16-11-10(7-8-14-11)9-5-3-2-4-6-9/h2-6,10-11H,7-8H2,1H3,(H,13,15)/t10-,11?/m1/s1. The molecule has 1 aliphatic heterocycles. The first-order valence-electron chi connectivity index (χ1n) is 5.41. The third-order valence-corrected chi connectivity index (χ3v) is 2.75. The Morgan fingerprint density at radius 1 is 1.44 bits per heavy atom. The summed E-state index contributed by atoms with van der Waals surface area (Å²) in [7, 11) is 1.55. The van der Waals surface area contributed by atoms with Gasteiger partial charge >= 0.3 is 6.09 Å². The molecular weight excluding hydrogens is 204 g/mol. The number of benzene rings is 1. The molecule has 1 heterocycles. The van der Waals surface area contributed by atoms with Crippen molar-refractivity contribution in [2.45, 2.75) is 18.6 Å². The van der Waals surface area contributed by atoms with Gasteiger partial charge in [-0.15, -0.1) is 0 Å². The zero-order valence-corrected chi connectivity index (χ0v) is 9.22. The highest BCUT2D eigenvalue weighted by Crippen LogP contribution is 2.29. The Balaban J connectivity index is 2.06. The zero-order valence-electron chi connectivity index (χ0n) is 9.22. The predicted molar refractivity (Wildman–Crippen MR) is 60.1 cm³/mol. The summed E-state index contributed by atoms with van der Waals surface area (Å²) in [5, 5.41) is 6.74. The highest BCUT2D eigenvalue weighted by Gasteiger charge is 2.32. The molecule has 0 spiro atoms. The van der Waals surface area contributed by atoms with Crippen molar-refractivity contribution in [1.29, 1.82) is 0 Å². The van der Waals surface area contributed by atoms with Gasteiger partial charge in [-0.05, 0) is 12.0 Å². The van der Waals surface area contributed by atoms with E-state index in [1.54, 1.807) is 7.05 Å². The number of hydrogen-bond donors (Lipinski definition) is 1. The number of alkyl carbamates (subject to hydrolysis) is 1. The molecule has 1 N–H and O–H groups in total. The summed E-state index contributed by atoms with van der Waals surface area (Å²) in [6, 6.07) is 10.1. The Hall–Kier alpha value is -1.55. The molecule has 1 amide bonds. The van der Waals surface area contributed by atoms with Crippen molar-refractivity contribution >= 4 is 6.09 Å². The second-order valence-corrected chi connectivity index (χ2v) is 3.76. The molecule has 4 heteroatoms. The van der Waals surface area contributed by atoms with Gasteiger partial charge in [-0.25, -0.2) is 4.79 Å². The molecule has 1 radical (unpaired) electrons. The molecule has 1 aromatic rings. The van der Waals surface area contributed by atoms with Gasteiger partial charge in [0.2, 0.25) is 0 Å². The van der Waals surface area contributed by atoms with Gasteiger partial charge in [0.05, 0.1) is 0 Å². The third kappa shape index (κ3) is 2.33. The Bertz CT molecular complexity index is 353. The average Bonchev–Trinajstić information content (AvgIpc) is 2.78. The number of nitrogens with zero attached hydrogens (tertiary/aromatic N) is 1. The number of amides is 1. The van der Waals surface area contributed by atoms with E-state index in [4.69, 9.17) is 4.74 Å². The Labute approximate surface area is 95.0 Å². The first-order valence-corrected chi connectivity index (χ1v) is 5.41. The molecule has 1 unspecified atom stereocenters. The molecule has 0 aliphatic carbocycles. The summed E-state index contributed by atoms with van der Waals surface area (Å²) in [6.45, 7) is 0.751. The monoisotopic (exact) mass is 219 g/mol. The maximum absolute atomic E-state index is 11.2. The lowest BCUT2D eigenvalue weighted by Gasteiger charge is -2.18. The van der Waals surface area contributed by atoms with Crippen LogP contribution >= 0.6 is 0 Å². The van der Waals surface area contributed by atoms with E-state index in [2.05, 4.69) is 10.6 Å². The van der Waals surface area contributed by atoms with E-state index in [9.17, 15) is 4.79 Å². The van der Waals surface area contributed by atoms with Crippen molar-refractivity contribution in [2.24, 2.45) is 0 Å². The van der Waals surface area contributed by atoms with Gasteiger partial charge in [-0.2, -0.15) is 5.32 Å². The molecule has 0 aromatic heterocycles. The fourth-order valence-corrected chi connectivity index (χ4v) is 1.93. The summed E-state index contributed by atoms with van der Waals surface area (Å²) in [5.74, 6) is 0.193. The van der Waals surface area contributed by atoms with Gasteiger partial charge in [-0.3, -0.25) is 0 Å². The number of carbonyl (C=O) groups excluding carboxylic acids is 1. The van der Waals surface area contributed by atoms with Crippen LogP contribution in [-0.2, 0) is 4.74 Å². The molecule has 1 fully saturated rings. The largest absolute Gasteiger partial charge is 0.428 e. The first kappa shape index (κ1) is 11.0. The molecular formula is C12H15N2O2. The summed E-state index contributed by atoms with van der Waals surface area (Å²) < 4.78 is 5.21. The molecule has 2 atom stereocenters. The SMILES string of the molecule is CNC(=O)OC1[N]CC[C@@H]1c1ccccc1. The second-order valence-electron chi connectivity index (χ2n) is 3.76. The summed E-state index contributed by atoms with van der Waals surface area (Å²) in [4.78, 5) is 11.2. The minimum atomic E-state index is -0.420. The lowest BCUT2D eigenvalue weighted by atomic mass is 9.97. The quantitative estimate of drug-likeness (QED) is 0.818. The molecule has 1 aromatic carbocycles. The fourth-order valence-electron chi connectivity index (χ4n) is 1.93. The third-order valence-electron chi connectivity index (χ3n) is 2.75. The summed E-state index contributed by atoms with van der Waals surface area (Å²) in [6.07, 6.45) is 0.171. The van der Waals surface area contributed by atoms with Crippen LogP contribution in [0.5, 0.6) is 0 Å². The van der Waals surface area contributed by atoms with Gasteiger partial charge in [-0.1, -0.05) is 30.3 Å². The van der Waals surface area contributed by atoms with Crippen molar-refractivity contribution in [2.75, 3.05) is 13.6 Å². The minimum Gasteiger partial charge on any atom is -0.428 e. The van der Waals surface area contributed by atoms with Crippen LogP contribution in [-0.4, -0.2) is 25.9 Å². The van der Waals surface area contributed by atoms with Crippen LogP contribution in [0.4, 0.5) is 4.79 Å². The number of ether oxygens (including phenoxy) is 1. The molecule has 2 rings (SSSR count). The minimum absolute atomic E-state index is 0.193. The zero-order chi connectivity index (χ0) is 11.4. The number of hydrogen-bond acceptors (Lipinski definition) is 2. The van der Waals surface area contributed by atoms with Crippen LogP contribution in [0.3, 0.4) is 0 Å². The Kier molecular flexibility index (Phi) is 3.41. The van der Waals surface area contributed by atoms with Crippen LogP contribution in [0.25, 0.3) is 0 Å². The Morgan fingerprint density at radius 3 is 2.88 bits per heavy atom. The van der Waals surface area contributed by atoms with Crippen LogP contribution in [0, 0.1) is 0 Å². The molecule has 0 saturated carbocycles. The van der Waals surface area contributed by atoms with Crippen molar-refractivity contribution in [3.63, 3.8) is 0 Å². The van der Waals surface area contributed by atoms with Gasteiger partial charge in [0.25, 0.3) is 0 Å². The molecule has 1 saturated heterocycles. The molecule has 85 valence electrons. The predicted octanol–water partition coefficient (Wildman–Crippen LogP) is 1.46. The molecule has 0 bridgehead atoms. The van der Waals surface area contributed by atoms with E-state index >= 15 is 0 Å². The maximum atomic E-state index is 11.2. The van der Waals surface area contributed by atoms with Crippen molar-refractivity contribution < 1.29 is 9.53 Å². The highest BCUT2D eigenvalue weighted by molar-refractivity contribution is 5.67. The first-order chi connectivity index (χ1) is 7.81. The summed E-state index contributed by atoms with van der Waals surface area (Å²) in [5.41, 5.74) is 1.18. The molecule has 4 nitrogen and oxygen atoms in total. The summed E-state index contributed by atoms with van der Waals surface area (Å²) >= 11 is 0. The number of nitrogens with one attached hydrogen (secondary N) is 1. The van der Waals surface area contributed by atoms with E-state index in [1.807, 2.05) is 30.3 Å². The van der Waals surface area contributed by atoms with Gasteiger partial charge in [0.15, 0.2) is 6.23 Å². The normalized spacial score (nSPS) is 24.1. The second kappa shape index (κ2) is 4.99. The van der Waals surface area contributed by atoms with E-state index in [1.165, 1.54) is 5.56 Å². The van der Waals surface area contributed by atoms with Gasteiger partial charge in [0, 0.05) is 19.5 Å². The van der Waals surface area contributed by atoms with Crippen molar-refractivity contribution in [3.8, 4) is 0 Å². The van der Waals surface area contributed by atoms with Gasteiger partial charge in [0.1, 0.15) is 0 Å². The van der Waals surface area contributed by atoms with Crippen LogP contribution in [0.1, 0.15) is 17.9 Å². The number of rotatable bonds is 2. The molecule has 16 heavy (non-hydrogen) atoms. The van der Waals surface area contributed by atoms with E-state index in [0.717, 1.165) is 13.0 Å². The fraction of sp³-hybridized carbons (Fsp3) is 0.417. The maximum Gasteiger partial charge on any atom is 0.408 e. The topological polar surface area (TPSA) is 52.4 Å². The lowest BCUT2D eigenvalue weighted by Crippen LogP contribution is -2.31. The molecule has 1 aliphatic rings. The number of carbonyl (C=O) groups is 1. The van der Waals surface area contributed by atoms with Crippen LogP contribution < -0.4 is 10.6 Å². The smallest absolute Gasteiger partial charge is 0.408 e. The van der Waals surface area contributed by atoms with Gasteiger partial charge < -0.3 is 10.1 Å².